The van der Waals surface area contributed by atoms with Crippen molar-refractivity contribution in [3.05, 3.63) is 55.1 Å². The van der Waals surface area contributed by atoms with E-state index in [-0.39, 0.29) is 46.8 Å². The summed E-state index contributed by atoms with van der Waals surface area (Å²) in [6.07, 6.45) is 0. The van der Waals surface area contributed by atoms with E-state index in [1.807, 2.05) is 22.6 Å². The van der Waals surface area contributed by atoms with Gasteiger partial charge in [0.1, 0.15) is 29.6 Å². The maximum absolute atomic E-state index is 13.3. The summed E-state index contributed by atoms with van der Waals surface area (Å²) < 4.78 is 32.2. The molecule has 0 heterocycles. The molecule has 36 heavy (non-hydrogen) atoms. The molecule has 0 atom stereocenters. The Morgan fingerprint density at radius 3 is 2.33 bits per heavy atom. The van der Waals surface area contributed by atoms with Crippen molar-refractivity contribution in [1.29, 1.82) is 0 Å². The van der Waals surface area contributed by atoms with Crippen LogP contribution in [0.4, 0.5) is 0 Å². The molecule has 0 saturated heterocycles. The predicted octanol–water partition coefficient (Wildman–Crippen LogP) is 5.26. The van der Waals surface area contributed by atoms with Gasteiger partial charge in [0.2, 0.25) is 0 Å². The van der Waals surface area contributed by atoms with Gasteiger partial charge in [-0.2, -0.15) is 0 Å². The first-order valence-corrected chi connectivity index (χ1v) is 11.9. The van der Waals surface area contributed by atoms with Crippen LogP contribution < -0.4 is 14.2 Å². The first-order valence-electron chi connectivity index (χ1n) is 10.4. The standard InChI is InChI=1S/C25H24ClIO9/c1-12-6-14(10-35-11-31-2)21(27)23(19(12)25(30)34-5)36-24(29)13-7-15-20(17(28)8-13)18(32-3)9-16(26)22(15)33-4/h6-9,28H,10-11H2,1-5H3. The van der Waals surface area contributed by atoms with Gasteiger partial charge in [0, 0.05) is 18.6 Å². The summed E-state index contributed by atoms with van der Waals surface area (Å²) in [4.78, 5) is 25.9. The molecule has 0 saturated carbocycles. The van der Waals surface area contributed by atoms with Crippen LogP contribution in [0.25, 0.3) is 10.8 Å². The first-order chi connectivity index (χ1) is 17.2. The van der Waals surface area contributed by atoms with Crippen LogP contribution in [0.2, 0.25) is 5.02 Å². The molecule has 3 rings (SSSR count). The fourth-order valence-electron chi connectivity index (χ4n) is 3.71. The molecule has 1 N–H and O–H groups in total. The quantitative estimate of drug-likeness (QED) is 0.111. The average Bonchev–Trinajstić information content (AvgIpc) is 2.85. The van der Waals surface area contributed by atoms with Crippen LogP contribution in [0, 0.1) is 10.5 Å². The van der Waals surface area contributed by atoms with E-state index in [1.54, 1.807) is 13.0 Å². The van der Waals surface area contributed by atoms with Crippen molar-refractivity contribution in [2.24, 2.45) is 0 Å². The first kappa shape index (κ1) is 27.8. The Hall–Kier alpha value is -2.80. The van der Waals surface area contributed by atoms with Crippen molar-refractivity contribution in [2.75, 3.05) is 35.2 Å². The summed E-state index contributed by atoms with van der Waals surface area (Å²) in [5.41, 5.74) is 1.30. The van der Waals surface area contributed by atoms with E-state index in [0.29, 0.717) is 31.2 Å². The molecule has 11 heteroatoms. The van der Waals surface area contributed by atoms with Gasteiger partial charge in [-0.1, -0.05) is 17.7 Å². The number of phenols is 1. The van der Waals surface area contributed by atoms with Crippen LogP contribution >= 0.6 is 34.2 Å². The summed E-state index contributed by atoms with van der Waals surface area (Å²) in [6, 6.07) is 5.96. The molecule has 0 aliphatic rings. The molecule has 0 unspecified atom stereocenters. The van der Waals surface area contributed by atoms with Crippen molar-refractivity contribution < 1.29 is 43.1 Å². The normalized spacial score (nSPS) is 10.9. The molecule has 0 aromatic heterocycles. The van der Waals surface area contributed by atoms with Gasteiger partial charge in [-0.25, -0.2) is 9.59 Å². The van der Waals surface area contributed by atoms with Crippen LogP contribution in [0.3, 0.4) is 0 Å². The third-order valence-electron chi connectivity index (χ3n) is 5.28. The number of aromatic hydroxyl groups is 1. The molecule has 0 fully saturated rings. The lowest BCUT2D eigenvalue weighted by molar-refractivity contribution is -0.0393. The number of methoxy groups -OCH3 is 4. The Morgan fingerprint density at radius 2 is 1.72 bits per heavy atom. The van der Waals surface area contributed by atoms with Crippen molar-refractivity contribution in [1.82, 2.24) is 0 Å². The van der Waals surface area contributed by atoms with Crippen molar-refractivity contribution in [3.63, 3.8) is 0 Å². The van der Waals surface area contributed by atoms with Gasteiger partial charge in [0.25, 0.3) is 0 Å². The summed E-state index contributed by atoms with van der Waals surface area (Å²) in [5.74, 6) is -1.18. The lowest BCUT2D eigenvalue weighted by Crippen LogP contribution is -2.16. The molecule has 0 aliphatic carbocycles. The van der Waals surface area contributed by atoms with E-state index in [4.69, 9.17) is 40.0 Å². The van der Waals surface area contributed by atoms with Gasteiger partial charge in [-0.3, -0.25) is 0 Å². The Kier molecular flexibility index (Phi) is 9.23. The highest BCUT2D eigenvalue weighted by molar-refractivity contribution is 14.1. The van der Waals surface area contributed by atoms with Gasteiger partial charge < -0.3 is 33.5 Å². The largest absolute Gasteiger partial charge is 0.507 e. The van der Waals surface area contributed by atoms with Crippen molar-refractivity contribution in [2.45, 2.75) is 13.5 Å². The van der Waals surface area contributed by atoms with Crippen LogP contribution in [0.5, 0.6) is 23.0 Å². The SMILES string of the molecule is COCOCc1cc(C)c(C(=O)OC)c(OC(=O)c2cc(O)c3c(OC)cc(Cl)c(OC)c3c2)c1I. The zero-order valence-corrected chi connectivity index (χ0v) is 23.1. The minimum absolute atomic E-state index is 0.00655. The number of fused-ring (bicyclic) bond motifs is 1. The molecule has 0 spiro atoms. The van der Waals surface area contributed by atoms with Gasteiger partial charge in [0.05, 0.1) is 47.5 Å². The summed E-state index contributed by atoms with van der Waals surface area (Å²) in [7, 11) is 5.59. The van der Waals surface area contributed by atoms with E-state index in [1.165, 1.54) is 46.6 Å². The second-order valence-electron chi connectivity index (χ2n) is 7.52. The van der Waals surface area contributed by atoms with Gasteiger partial charge >= 0.3 is 11.9 Å². The number of ether oxygens (including phenoxy) is 6. The van der Waals surface area contributed by atoms with Crippen molar-refractivity contribution in [3.8, 4) is 23.0 Å². The van der Waals surface area contributed by atoms with E-state index in [2.05, 4.69) is 0 Å². The third kappa shape index (κ3) is 5.46. The number of phenolic OH excluding ortho intramolecular Hbond substituents is 1. The lowest BCUT2D eigenvalue weighted by atomic mass is 10.0. The number of halogens is 2. The molecule has 3 aromatic rings. The summed E-state index contributed by atoms with van der Waals surface area (Å²) in [6.45, 7) is 1.92. The van der Waals surface area contributed by atoms with Gasteiger partial charge in [-0.15, -0.1) is 0 Å². The number of hydrogen-bond donors (Lipinski definition) is 1. The van der Waals surface area contributed by atoms with E-state index < -0.39 is 11.9 Å². The minimum atomic E-state index is -0.828. The molecule has 3 aromatic carbocycles. The molecule has 0 amide bonds. The monoisotopic (exact) mass is 630 g/mol. The van der Waals surface area contributed by atoms with E-state index in [9.17, 15) is 14.7 Å². The fourth-order valence-corrected chi connectivity index (χ4v) is 4.68. The topological polar surface area (TPSA) is 110 Å². The Labute approximate surface area is 226 Å². The number of benzene rings is 3. The molecular formula is C25H24ClIO9. The second kappa shape index (κ2) is 12.0. The number of rotatable bonds is 9. The second-order valence-corrected chi connectivity index (χ2v) is 9.00. The van der Waals surface area contributed by atoms with E-state index in [0.717, 1.165) is 0 Å². The van der Waals surface area contributed by atoms with Gasteiger partial charge in [0.15, 0.2) is 5.75 Å². The fraction of sp³-hybridized carbons (Fsp3) is 0.280. The maximum Gasteiger partial charge on any atom is 0.343 e. The average molecular weight is 631 g/mol. The number of hydrogen-bond acceptors (Lipinski definition) is 9. The highest BCUT2D eigenvalue weighted by Gasteiger charge is 2.26. The maximum atomic E-state index is 13.3. The van der Waals surface area contributed by atoms with E-state index >= 15 is 0 Å². The molecule has 0 aliphatic heterocycles. The van der Waals surface area contributed by atoms with Gasteiger partial charge in [-0.05, 0) is 52.8 Å². The molecule has 0 radical (unpaired) electrons. The molecular weight excluding hydrogens is 607 g/mol. The zero-order valence-electron chi connectivity index (χ0n) is 20.2. The molecule has 0 bridgehead atoms. The Morgan fingerprint density at radius 1 is 1.00 bits per heavy atom. The summed E-state index contributed by atoms with van der Waals surface area (Å²) in [5, 5.41) is 11.6. The number of aryl methyl sites for hydroxylation is 1. The zero-order chi connectivity index (χ0) is 26.6. The highest BCUT2D eigenvalue weighted by Crippen LogP contribution is 2.44. The minimum Gasteiger partial charge on any atom is -0.507 e. The number of carbonyl (C=O) groups is 2. The summed E-state index contributed by atoms with van der Waals surface area (Å²) >= 11 is 8.28. The van der Waals surface area contributed by atoms with Crippen LogP contribution in [-0.4, -0.2) is 52.3 Å². The predicted molar refractivity (Wildman–Crippen MR) is 141 cm³/mol. The lowest BCUT2D eigenvalue weighted by Gasteiger charge is -2.17. The molecule has 192 valence electrons. The molecule has 9 nitrogen and oxygen atoms in total. The van der Waals surface area contributed by atoms with Crippen LogP contribution in [0.15, 0.2) is 24.3 Å². The smallest absolute Gasteiger partial charge is 0.343 e. The Balaban J connectivity index is 2.14. The van der Waals surface area contributed by atoms with Crippen LogP contribution in [0.1, 0.15) is 31.8 Å². The number of esters is 2. The third-order valence-corrected chi connectivity index (χ3v) is 6.74. The number of carbonyl (C=O) groups excluding carboxylic acids is 2. The Bertz CT molecular complexity index is 1320. The van der Waals surface area contributed by atoms with Crippen LogP contribution in [-0.2, 0) is 20.8 Å². The highest BCUT2D eigenvalue weighted by atomic mass is 127. The van der Waals surface area contributed by atoms with Crippen molar-refractivity contribution >= 4 is 56.9 Å².